The van der Waals surface area contributed by atoms with Crippen molar-refractivity contribution in [2.45, 2.75) is 0 Å². The molecule has 0 atom stereocenters. The molecule has 0 saturated heterocycles. The number of rotatable bonds is 3. The van der Waals surface area contributed by atoms with Crippen LogP contribution in [0.1, 0.15) is 0 Å². The van der Waals surface area contributed by atoms with E-state index in [2.05, 4.69) is 30.4 Å². The molecule has 0 aliphatic rings. The fourth-order valence-electron chi connectivity index (χ4n) is 1.68. The first-order chi connectivity index (χ1) is 10.2. The smallest absolute Gasteiger partial charge is 0.257 e. The molecule has 0 aliphatic carbocycles. The van der Waals surface area contributed by atoms with Crippen LogP contribution in [0.3, 0.4) is 0 Å². The Bertz CT molecular complexity index is 773. The van der Waals surface area contributed by atoms with Crippen molar-refractivity contribution in [3.05, 3.63) is 40.9 Å². The molecule has 0 unspecified atom stereocenters. The van der Waals surface area contributed by atoms with E-state index < -0.39 is 0 Å². The third kappa shape index (κ3) is 2.79. The van der Waals surface area contributed by atoms with E-state index in [1.54, 1.807) is 25.2 Å². The third-order valence-electron chi connectivity index (χ3n) is 2.64. The van der Waals surface area contributed by atoms with Gasteiger partial charge in [-0.1, -0.05) is 23.2 Å². The number of nitrogens with one attached hydrogen (secondary N) is 1. The molecule has 0 spiro atoms. The van der Waals surface area contributed by atoms with Crippen LogP contribution in [0.4, 0.5) is 5.95 Å². The monoisotopic (exact) mass is 321 g/mol. The lowest BCUT2D eigenvalue weighted by Crippen LogP contribution is -2.08. The van der Waals surface area contributed by atoms with Crippen molar-refractivity contribution in [1.29, 1.82) is 0 Å². The van der Waals surface area contributed by atoms with E-state index in [4.69, 9.17) is 23.2 Å². The van der Waals surface area contributed by atoms with Gasteiger partial charge in [0.05, 0.1) is 5.02 Å². The van der Waals surface area contributed by atoms with Gasteiger partial charge in [-0.3, -0.25) is 0 Å². The first kappa shape index (κ1) is 13.7. The Labute approximate surface area is 130 Å². The number of aromatic nitrogens is 6. The maximum atomic E-state index is 6.19. The highest BCUT2D eigenvalue weighted by molar-refractivity contribution is 6.35. The summed E-state index contributed by atoms with van der Waals surface area (Å²) >= 11 is 12.2. The zero-order valence-corrected chi connectivity index (χ0v) is 12.3. The summed E-state index contributed by atoms with van der Waals surface area (Å²) in [6.45, 7) is 0. The molecule has 9 heteroatoms. The average molecular weight is 322 g/mol. The molecule has 2 heterocycles. The molecule has 0 saturated carbocycles. The third-order valence-corrected chi connectivity index (χ3v) is 3.20. The molecule has 1 aromatic carbocycles. The summed E-state index contributed by atoms with van der Waals surface area (Å²) in [6.07, 6.45) is 2.90. The van der Waals surface area contributed by atoms with E-state index in [9.17, 15) is 0 Å². The van der Waals surface area contributed by atoms with Gasteiger partial charge in [0.15, 0.2) is 5.82 Å². The maximum Gasteiger partial charge on any atom is 0.257 e. The predicted molar refractivity (Wildman–Crippen MR) is 79.7 cm³/mol. The maximum absolute atomic E-state index is 6.19. The summed E-state index contributed by atoms with van der Waals surface area (Å²) in [7, 11) is 1.71. The topological polar surface area (TPSA) is 81.4 Å². The summed E-state index contributed by atoms with van der Waals surface area (Å²) in [5, 5.41) is 7.92. The largest absolute Gasteiger partial charge is 0.357 e. The highest BCUT2D eigenvalue weighted by atomic mass is 35.5. The Hall–Kier alpha value is -2.25. The van der Waals surface area contributed by atoms with Crippen LogP contribution in [0.5, 0.6) is 0 Å². The molecule has 0 bridgehead atoms. The van der Waals surface area contributed by atoms with Gasteiger partial charge in [-0.2, -0.15) is 24.7 Å². The molecule has 0 aliphatic heterocycles. The number of nitrogens with zero attached hydrogens (tertiary/aromatic N) is 6. The number of benzene rings is 1. The van der Waals surface area contributed by atoms with E-state index in [-0.39, 0.29) is 0 Å². The van der Waals surface area contributed by atoms with Gasteiger partial charge in [0.2, 0.25) is 5.95 Å². The predicted octanol–water partition coefficient (Wildman–Crippen LogP) is 2.47. The highest BCUT2D eigenvalue weighted by Gasteiger charge is 2.13. The van der Waals surface area contributed by atoms with Crippen molar-refractivity contribution in [1.82, 2.24) is 29.7 Å². The van der Waals surface area contributed by atoms with Gasteiger partial charge in [-0.05, 0) is 18.2 Å². The molecule has 2 aromatic heterocycles. The molecule has 3 rings (SSSR count). The van der Waals surface area contributed by atoms with Crippen molar-refractivity contribution in [3.63, 3.8) is 0 Å². The van der Waals surface area contributed by atoms with Crippen LogP contribution in [0.2, 0.25) is 10.0 Å². The standard InChI is InChI=1S/C12H9Cl2N7/c1-15-11-18-10(8-4-7(13)2-3-9(8)14)19-12(20-11)21-6-16-5-17-21/h2-6H,1H3,(H,15,18,19,20). The first-order valence-corrected chi connectivity index (χ1v) is 6.67. The Balaban J connectivity index is 2.18. The molecular weight excluding hydrogens is 313 g/mol. The number of halogens is 2. The van der Waals surface area contributed by atoms with Crippen LogP contribution >= 0.6 is 23.2 Å². The normalized spacial score (nSPS) is 10.6. The van der Waals surface area contributed by atoms with Crippen LogP contribution in [0.15, 0.2) is 30.9 Å². The van der Waals surface area contributed by atoms with Crippen molar-refractivity contribution >= 4 is 29.2 Å². The summed E-state index contributed by atoms with van der Waals surface area (Å²) in [5.74, 6) is 1.12. The first-order valence-electron chi connectivity index (χ1n) is 5.91. The molecule has 1 N–H and O–H groups in total. The molecule has 0 fully saturated rings. The quantitative estimate of drug-likeness (QED) is 0.798. The Morgan fingerprint density at radius 2 is 2.00 bits per heavy atom. The average Bonchev–Trinajstić information content (AvgIpc) is 3.03. The van der Waals surface area contributed by atoms with Crippen molar-refractivity contribution in [2.24, 2.45) is 0 Å². The van der Waals surface area contributed by atoms with Crippen LogP contribution in [-0.2, 0) is 0 Å². The van der Waals surface area contributed by atoms with Gasteiger partial charge in [0, 0.05) is 17.6 Å². The van der Waals surface area contributed by atoms with Gasteiger partial charge >= 0.3 is 0 Å². The number of hydrogen-bond acceptors (Lipinski definition) is 6. The van der Waals surface area contributed by atoms with E-state index >= 15 is 0 Å². The minimum Gasteiger partial charge on any atom is -0.357 e. The second-order valence-electron chi connectivity index (χ2n) is 4.00. The zero-order valence-electron chi connectivity index (χ0n) is 10.8. The van der Waals surface area contributed by atoms with Gasteiger partial charge in [-0.25, -0.2) is 4.98 Å². The number of anilines is 1. The van der Waals surface area contributed by atoms with Crippen LogP contribution in [0, 0.1) is 0 Å². The van der Waals surface area contributed by atoms with Crippen molar-refractivity contribution in [2.75, 3.05) is 12.4 Å². The summed E-state index contributed by atoms with van der Waals surface area (Å²) < 4.78 is 1.43. The van der Waals surface area contributed by atoms with Crippen LogP contribution in [-0.4, -0.2) is 36.8 Å². The lowest BCUT2D eigenvalue weighted by Gasteiger charge is -2.08. The zero-order chi connectivity index (χ0) is 14.8. The van der Waals surface area contributed by atoms with E-state index in [0.29, 0.717) is 33.3 Å². The molecular formula is C12H9Cl2N7. The molecule has 0 amide bonds. The summed E-state index contributed by atoms with van der Waals surface area (Å²) in [6, 6.07) is 5.09. The molecule has 0 radical (unpaired) electrons. The number of hydrogen-bond donors (Lipinski definition) is 1. The Kier molecular flexibility index (Phi) is 3.68. The van der Waals surface area contributed by atoms with Crippen LogP contribution < -0.4 is 5.32 Å². The second-order valence-corrected chi connectivity index (χ2v) is 4.84. The lowest BCUT2D eigenvalue weighted by atomic mass is 10.2. The molecule has 21 heavy (non-hydrogen) atoms. The molecule has 7 nitrogen and oxygen atoms in total. The second kappa shape index (κ2) is 5.63. The minimum absolute atomic E-state index is 0.331. The van der Waals surface area contributed by atoms with E-state index in [1.807, 2.05) is 0 Å². The highest BCUT2D eigenvalue weighted by Crippen LogP contribution is 2.28. The van der Waals surface area contributed by atoms with E-state index in [1.165, 1.54) is 17.3 Å². The van der Waals surface area contributed by atoms with Gasteiger partial charge in [0.25, 0.3) is 5.95 Å². The van der Waals surface area contributed by atoms with Crippen LogP contribution in [0.25, 0.3) is 17.3 Å². The SMILES string of the molecule is CNc1nc(-c2cc(Cl)ccc2Cl)nc(-n2cncn2)n1. The summed E-state index contributed by atoms with van der Waals surface area (Å²) in [4.78, 5) is 16.7. The Morgan fingerprint density at radius 3 is 2.71 bits per heavy atom. The van der Waals surface area contributed by atoms with E-state index in [0.717, 1.165) is 0 Å². The van der Waals surface area contributed by atoms with Gasteiger partial charge in [0.1, 0.15) is 12.7 Å². The van der Waals surface area contributed by atoms with Gasteiger partial charge < -0.3 is 5.32 Å². The van der Waals surface area contributed by atoms with Crippen molar-refractivity contribution < 1.29 is 0 Å². The Morgan fingerprint density at radius 1 is 1.14 bits per heavy atom. The minimum atomic E-state index is 0.331. The summed E-state index contributed by atoms with van der Waals surface area (Å²) in [5.41, 5.74) is 0.615. The molecule has 3 aromatic rings. The molecule has 106 valence electrons. The lowest BCUT2D eigenvalue weighted by molar-refractivity contribution is 0.798. The van der Waals surface area contributed by atoms with Crippen molar-refractivity contribution in [3.8, 4) is 17.3 Å². The fraction of sp³-hybridized carbons (Fsp3) is 0.0833. The fourth-order valence-corrected chi connectivity index (χ4v) is 2.05. The van der Waals surface area contributed by atoms with Gasteiger partial charge in [-0.15, -0.1) is 0 Å².